The summed E-state index contributed by atoms with van der Waals surface area (Å²) in [5, 5.41) is 2.77. The number of hydrogen-bond donors (Lipinski definition) is 1. The maximum Gasteiger partial charge on any atom is 0.325 e. The third-order valence-corrected chi connectivity index (χ3v) is 4.69. The highest BCUT2D eigenvalue weighted by atomic mass is 32.2. The smallest absolute Gasteiger partial charge is 0.325 e. The van der Waals surface area contributed by atoms with E-state index in [-0.39, 0.29) is 24.2 Å². The first-order chi connectivity index (χ1) is 12.1. The van der Waals surface area contributed by atoms with Crippen molar-refractivity contribution in [3.05, 3.63) is 54.3 Å². The van der Waals surface area contributed by atoms with E-state index >= 15 is 0 Å². The molecule has 1 heterocycles. The van der Waals surface area contributed by atoms with E-state index in [0.29, 0.717) is 18.8 Å². The van der Waals surface area contributed by atoms with Crippen LogP contribution in [0.4, 0.5) is 20.6 Å². The molecular weight excluding hydrogens is 341 g/mol. The molecule has 0 aliphatic carbocycles. The van der Waals surface area contributed by atoms with Crippen molar-refractivity contribution in [2.45, 2.75) is 4.90 Å². The van der Waals surface area contributed by atoms with Gasteiger partial charge in [0, 0.05) is 23.7 Å². The summed E-state index contributed by atoms with van der Waals surface area (Å²) in [6, 6.07) is 13.2. The van der Waals surface area contributed by atoms with Gasteiger partial charge in [0.25, 0.3) is 0 Å². The fourth-order valence-corrected chi connectivity index (χ4v) is 3.08. The molecule has 1 N–H and O–H groups in total. The fourth-order valence-electron chi connectivity index (χ4n) is 2.67. The first-order valence-corrected chi connectivity index (χ1v) is 9.06. The second-order valence-electron chi connectivity index (χ2n) is 5.58. The topological polar surface area (TPSA) is 52.7 Å². The number of benzene rings is 2. The molecule has 0 radical (unpaired) electrons. The Hall–Kier alpha value is -2.54. The van der Waals surface area contributed by atoms with Crippen LogP contribution in [0.2, 0.25) is 0 Å². The van der Waals surface area contributed by atoms with Crippen LogP contribution in [0.1, 0.15) is 0 Å². The molecule has 0 spiro atoms. The molecule has 2 aromatic carbocycles. The van der Waals surface area contributed by atoms with Gasteiger partial charge in [-0.15, -0.1) is 11.8 Å². The van der Waals surface area contributed by atoms with Crippen LogP contribution in [-0.4, -0.2) is 42.7 Å². The van der Waals surface area contributed by atoms with Crippen molar-refractivity contribution in [2.75, 3.05) is 36.1 Å². The molecule has 1 aliphatic heterocycles. The first-order valence-electron chi connectivity index (χ1n) is 7.83. The van der Waals surface area contributed by atoms with Crippen LogP contribution in [0.15, 0.2) is 53.4 Å². The number of hydrogen-bond acceptors (Lipinski definition) is 3. The third kappa shape index (κ3) is 3.93. The Morgan fingerprint density at radius 1 is 1.16 bits per heavy atom. The van der Waals surface area contributed by atoms with E-state index in [1.54, 1.807) is 30.0 Å². The van der Waals surface area contributed by atoms with Gasteiger partial charge >= 0.3 is 6.03 Å². The summed E-state index contributed by atoms with van der Waals surface area (Å²) in [5.41, 5.74) is 0.920. The quantitative estimate of drug-likeness (QED) is 0.832. The van der Waals surface area contributed by atoms with Crippen molar-refractivity contribution >= 4 is 35.1 Å². The number of carbonyl (C=O) groups excluding carboxylic acids is 2. The van der Waals surface area contributed by atoms with E-state index in [9.17, 15) is 14.0 Å². The predicted molar refractivity (Wildman–Crippen MR) is 97.6 cm³/mol. The second-order valence-corrected chi connectivity index (χ2v) is 6.46. The van der Waals surface area contributed by atoms with Crippen molar-refractivity contribution in [3.8, 4) is 0 Å². The molecule has 1 aliphatic rings. The Morgan fingerprint density at radius 3 is 2.56 bits per heavy atom. The minimum Gasteiger partial charge on any atom is -0.325 e. The van der Waals surface area contributed by atoms with Gasteiger partial charge in [-0.25, -0.2) is 9.18 Å². The Labute approximate surface area is 149 Å². The molecule has 3 amide bonds. The lowest BCUT2D eigenvalue weighted by atomic mass is 10.3. The Balaban J connectivity index is 1.60. The molecule has 0 bridgehead atoms. The number of rotatable bonds is 5. The van der Waals surface area contributed by atoms with Crippen molar-refractivity contribution in [1.82, 2.24) is 4.90 Å². The van der Waals surface area contributed by atoms with Gasteiger partial charge in [-0.05, 0) is 42.7 Å². The number of anilines is 2. The average Bonchev–Trinajstić information content (AvgIpc) is 2.96. The molecule has 25 heavy (non-hydrogen) atoms. The van der Waals surface area contributed by atoms with Gasteiger partial charge in [0.15, 0.2) is 0 Å². The number of nitrogens with zero attached hydrogens (tertiary/aromatic N) is 2. The molecule has 0 unspecified atom stereocenters. The van der Waals surface area contributed by atoms with Gasteiger partial charge in [0.2, 0.25) is 5.91 Å². The first kappa shape index (κ1) is 17.3. The zero-order chi connectivity index (χ0) is 17.8. The highest BCUT2D eigenvalue weighted by Crippen LogP contribution is 2.23. The molecule has 1 saturated heterocycles. The van der Waals surface area contributed by atoms with Crippen LogP contribution in [0.25, 0.3) is 0 Å². The largest absolute Gasteiger partial charge is 0.325 e. The number of thioether (sulfide) groups is 1. The summed E-state index contributed by atoms with van der Waals surface area (Å²) < 4.78 is 13.9. The van der Waals surface area contributed by atoms with E-state index in [0.717, 1.165) is 4.90 Å². The van der Waals surface area contributed by atoms with Crippen LogP contribution in [-0.2, 0) is 4.79 Å². The number of nitrogens with one attached hydrogen (secondary N) is 1. The normalized spacial score (nSPS) is 14.1. The molecule has 5 nitrogen and oxygen atoms in total. The van der Waals surface area contributed by atoms with E-state index in [1.807, 2.05) is 30.5 Å². The van der Waals surface area contributed by atoms with Crippen molar-refractivity contribution in [1.29, 1.82) is 0 Å². The van der Waals surface area contributed by atoms with Gasteiger partial charge in [-0.2, -0.15) is 0 Å². The van der Waals surface area contributed by atoms with E-state index in [2.05, 4.69) is 5.32 Å². The predicted octanol–water partition coefficient (Wildman–Crippen LogP) is 3.43. The number of halogens is 1. The average molecular weight is 359 g/mol. The highest BCUT2D eigenvalue weighted by Gasteiger charge is 2.32. The zero-order valence-corrected chi connectivity index (χ0v) is 14.6. The van der Waals surface area contributed by atoms with Crippen LogP contribution < -0.4 is 10.2 Å². The summed E-state index contributed by atoms with van der Waals surface area (Å²) in [4.78, 5) is 28.5. The molecule has 7 heteroatoms. The molecule has 130 valence electrons. The number of carbonyl (C=O) groups is 2. The van der Waals surface area contributed by atoms with Gasteiger partial charge in [0.1, 0.15) is 12.4 Å². The molecule has 0 saturated carbocycles. The minimum absolute atomic E-state index is 0.0614. The van der Waals surface area contributed by atoms with Crippen LogP contribution in [0.5, 0.6) is 0 Å². The maximum atomic E-state index is 13.9. The summed E-state index contributed by atoms with van der Waals surface area (Å²) in [5.74, 6) is -0.725. The standard InChI is InChI=1S/C18H18FN3O2S/c1-25-14-8-6-13(7-9-14)20-17(23)12-21-10-11-22(18(21)24)16-5-3-2-4-15(16)19/h2-9H,10-12H2,1H3,(H,20,23). The Kier molecular flexibility index (Phi) is 5.23. The lowest BCUT2D eigenvalue weighted by Gasteiger charge is -2.18. The maximum absolute atomic E-state index is 13.9. The highest BCUT2D eigenvalue weighted by molar-refractivity contribution is 7.98. The molecule has 1 fully saturated rings. The third-order valence-electron chi connectivity index (χ3n) is 3.95. The van der Waals surface area contributed by atoms with Crippen molar-refractivity contribution < 1.29 is 14.0 Å². The van der Waals surface area contributed by atoms with Gasteiger partial charge < -0.3 is 10.2 Å². The van der Waals surface area contributed by atoms with Gasteiger partial charge in [0.05, 0.1) is 5.69 Å². The minimum atomic E-state index is -0.448. The molecule has 0 aromatic heterocycles. The summed E-state index contributed by atoms with van der Waals surface area (Å²) in [7, 11) is 0. The SMILES string of the molecule is CSc1ccc(NC(=O)CN2CCN(c3ccccc3F)C2=O)cc1. The summed E-state index contributed by atoms with van der Waals surface area (Å²) in [6.07, 6.45) is 1.98. The molecular formula is C18H18FN3O2S. The van der Waals surface area contributed by atoms with E-state index in [1.165, 1.54) is 15.9 Å². The fraction of sp³-hybridized carbons (Fsp3) is 0.222. The lowest BCUT2D eigenvalue weighted by Crippen LogP contribution is -2.37. The zero-order valence-electron chi connectivity index (χ0n) is 13.7. The molecule has 0 atom stereocenters. The van der Waals surface area contributed by atoms with Crippen LogP contribution in [0, 0.1) is 5.82 Å². The van der Waals surface area contributed by atoms with Crippen LogP contribution >= 0.6 is 11.8 Å². The van der Waals surface area contributed by atoms with Gasteiger partial charge in [-0.1, -0.05) is 12.1 Å². The number of urea groups is 1. The lowest BCUT2D eigenvalue weighted by molar-refractivity contribution is -0.116. The monoisotopic (exact) mass is 359 g/mol. The number of amides is 3. The second kappa shape index (κ2) is 7.57. The van der Waals surface area contributed by atoms with E-state index < -0.39 is 5.82 Å². The summed E-state index contributed by atoms with van der Waals surface area (Å²) in [6.45, 7) is 0.676. The van der Waals surface area contributed by atoms with Gasteiger partial charge in [-0.3, -0.25) is 9.69 Å². The Morgan fingerprint density at radius 2 is 1.88 bits per heavy atom. The Bertz CT molecular complexity index is 782. The van der Waals surface area contributed by atoms with Crippen LogP contribution in [0.3, 0.4) is 0 Å². The van der Waals surface area contributed by atoms with Crippen molar-refractivity contribution in [3.63, 3.8) is 0 Å². The molecule has 3 rings (SSSR count). The summed E-state index contributed by atoms with van der Waals surface area (Å²) >= 11 is 1.62. The van der Waals surface area contributed by atoms with Crippen molar-refractivity contribution in [2.24, 2.45) is 0 Å². The molecule has 2 aromatic rings. The van der Waals surface area contributed by atoms with E-state index in [4.69, 9.17) is 0 Å². The number of para-hydroxylation sites is 1.